The Morgan fingerprint density at radius 2 is 1.96 bits per heavy atom. The number of nitrogens with one attached hydrogen (secondary N) is 2. The van der Waals surface area contributed by atoms with E-state index < -0.39 is 6.09 Å². The van der Waals surface area contributed by atoms with Crippen molar-refractivity contribution in [3.05, 3.63) is 59.2 Å². The lowest BCUT2D eigenvalue weighted by Gasteiger charge is -2.11. The summed E-state index contributed by atoms with van der Waals surface area (Å²) in [4.78, 5) is 25.4. The molecule has 0 saturated heterocycles. The minimum atomic E-state index is -0.602. The van der Waals surface area contributed by atoms with E-state index in [4.69, 9.17) is 5.26 Å². The Morgan fingerprint density at radius 3 is 2.72 bits per heavy atom. The lowest BCUT2D eigenvalue weighted by molar-refractivity contribution is 0.102. The standard InChI is InChI=1S/C18H16N4O3/c1-25-18(24)20-14-6-2-4-12(8-14)17(23)21-16-7-3-5-13-9-22(11-19)10-15(13)16/h2-8H,9-10H2,1H3,(H,20,24)(H,21,23). The van der Waals surface area contributed by atoms with Crippen LogP contribution in [0.15, 0.2) is 42.5 Å². The molecular weight excluding hydrogens is 320 g/mol. The number of methoxy groups -OCH3 is 1. The SMILES string of the molecule is COC(=O)Nc1cccc(C(=O)Nc2cccc3c2CN(C#N)C3)c1. The molecule has 2 N–H and O–H groups in total. The van der Waals surface area contributed by atoms with Gasteiger partial charge >= 0.3 is 6.09 Å². The summed E-state index contributed by atoms with van der Waals surface area (Å²) >= 11 is 0. The topological polar surface area (TPSA) is 94.5 Å². The van der Waals surface area contributed by atoms with Gasteiger partial charge in [-0.15, -0.1) is 0 Å². The number of hydrogen-bond donors (Lipinski definition) is 2. The number of ether oxygens (including phenoxy) is 1. The first kappa shape index (κ1) is 16.3. The van der Waals surface area contributed by atoms with Crippen LogP contribution in [0, 0.1) is 11.5 Å². The molecule has 2 aromatic carbocycles. The molecule has 7 heteroatoms. The minimum Gasteiger partial charge on any atom is -0.453 e. The zero-order valence-electron chi connectivity index (χ0n) is 13.6. The van der Waals surface area contributed by atoms with Crippen LogP contribution < -0.4 is 10.6 Å². The maximum Gasteiger partial charge on any atom is 0.411 e. The summed E-state index contributed by atoms with van der Waals surface area (Å²) in [6.45, 7) is 1.03. The Balaban J connectivity index is 1.78. The molecule has 0 unspecified atom stereocenters. The van der Waals surface area contributed by atoms with Crippen LogP contribution in [-0.4, -0.2) is 24.0 Å². The van der Waals surface area contributed by atoms with Gasteiger partial charge in [-0.3, -0.25) is 10.1 Å². The highest BCUT2D eigenvalue weighted by Gasteiger charge is 2.21. The normalized spacial score (nSPS) is 12.1. The molecule has 3 rings (SSSR count). The Kier molecular flexibility index (Phi) is 4.53. The number of benzene rings is 2. The summed E-state index contributed by atoms with van der Waals surface area (Å²) < 4.78 is 4.54. The third-order valence-corrected chi connectivity index (χ3v) is 3.93. The zero-order valence-corrected chi connectivity index (χ0v) is 13.6. The third-order valence-electron chi connectivity index (χ3n) is 3.93. The summed E-state index contributed by atoms with van der Waals surface area (Å²) in [5.41, 5.74) is 3.53. The monoisotopic (exact) mass is 336 g/mol. The molecular formula is C18H16N4O3. The van der Waals surface area contributed by atoms with E-state index in [0.29, 0.717) is 30.0 Å². The fourth-order valence-corrected chi connectivity index (χ4v) is 2.71. The van der Waals surface area contributed by atoms with Crippen molar-refractivity contribution in [3.8, 4) is 6.19 Å². The van der Waals surface area contributed by atoms with Gasteiger partial charge in [0.1, 0.15) is 0 Å². The van der Waals surface area contributed by atoms with Gasteiger partial charge in [-0.2, -0.15) is 5.26 Å². The van der Waals surface area contributed by atoms with Crippen LogP contribution in [-0.2, 0) is 17.8 Å². The summed E-state index contributed by atoms with van der Waals surface area (Å²) in [5, 5.41) is 14.5. The van der Waals surface area contributed by atoms with Crippen molar-refractivity contribution in [2.24, 2.45) is 0 Å². The number of nitrogens with zero attached hydrogens (tertiary/aromatic N) is 2. The van der Waals surface area contributed by atoms with E-state index in [2.05, 4.69) is 21.6 Å². The van der Waals surface area contributed by atoms with Crippen LogP contribution in [0.25, 0.3) is 0 Å². The number of carbonyl (C=O) groups is 2. The highest BCUT2D eigenvalue weighted by Crippen LogP contribution is 2.29. The van der Waals surface area contributed by atoms with Crippen molar-refractivity contribution in [2.45, 2.75) is 13.1 Å². The summed E-state index contributed by atoms with van der Waals surface area (Å²) in [6.07, 6.45) is 1.52. The summed E-state index contributed by atoms with van der Waals surface area (Å²) in [7, 11) is 1.27. The van der Waals surface area contributed by atoms with E-state index in [0.717, 1.165) is 11.1 Å². The second-order valence-corrected chi connectivity index (χ2v) is 5.55. The Morgan fingerprint density at radius 1 is 1.16 bits per heavy atom. The van der Waals surface area contributed by atoms with Crippen molar-refractivity contribution >= 4 is 23.4 Å². The molecule has 7 nitrogen and oxygen atoms in total. The Labute approximate surface area is 144 Å². The number of nitriles is 1. The minimum absolute atomic E-state index is 0.294. The van der Waals surface area contributed by atoms with Crippen molar-refractivity contribution < 1.29 is 14.3 Å². The van der Waals surface area contributed by atoms with Gasteiger partial charge in [-0.1, -0.05) is 18.2 Å². The molecule has 0 fully saturated rings. The van der Waals surface area contributed by atoms with Crippen molar-refractivity contribution in [3.63, 3.8) is 0 Å². The largest absolute Gasteiger partial charge is 0.453 e. The number of amides is 2. The average molecular weight is 336 g/mol. The maximum atomic E-state index is 12.5. The fourth-order valence-electron chi connectivity index (χ4n) is 2.71. The van der Waals surface area contributed by atoms with E-state index in [1.807, 2.05) is 18.2 Å². The number of carbonyl (C=O) groups excluding carboxylic acids is 2. The maximum absolute atomic E-state index is 12.5. The first-order valence-electron chi connectivity index (χ1n) is 7.62. The summed E-state index contributed by atoms with van der Waals surface area (Å²) in [5.74, 6) is -0.294. The van der Waals surface area contributed by atoms with E-state index in [-0.39, 0.29) is 5.91 Å². The van der Waals surface area contributed by atoms with Crippen LogP contribution in [0.3, 0.4) is 0 Å². The van der Waals surface area contributed by atoms with E-state index in [1.54, 1.807) is 29.2 Å². The first-order chi connectivity index (χ1) is 12.1. The first-order valence-corrected chi connectivity index (χ1v) is 7.62. The quantitative estimate of drug-likeness (QED) is 0.841. The highest BCUT2D eigenvalue weighted by atomic mass is 16.5. The van der Waals surface area contributed by atoms with Crippen LogP contribution in [0.5, 0.6) is 0 Å². The van der Waals surface area contributed by atoms with E-state index >= 15 is 0 Å². The molecule has 0 bridgehead atoms. The molecule has 25 heavy (non-hydrogen) atoms. The van der Waals surface area contributed by atoms with Crippen molar-refractivity contribution in [1.82, 2.24) is 4.90 Å². The molecule has 0 radical (unpaired) electrons. The third kappa shape index (κ3) is 3.53. The molecule has 0 atom stereocenters. The lowest BCUT2D eigenvalue weighted by Crippen LogP contribution is -2.15. The van der Waals surface area contributed by atoms with Crippen LogP contribution in [0.2, 0.25) is 0 Å². The number of hydrogen-bond acceptors (Lipinski definition) is 5. The fraction of sp³-hybridized carbons (Fsp3) is 0.167. The van der Waals surface area contributed by atoms with Crippen LogP contribution in [0.1, 0.15) is 21.5 Å². The second-order valence-electron chi connectivity index (χ2n) is 5.55. The predicted molar refractivity (Wildman–Crippen MR) is 91.7 cm³/mol. The van der Waals surface area contributed by atoms with Gasteiger partial charge in [0.2, 0.25) is 0 Å². The Bertz CT molecular complexity index is 873. The molecule has 1 aliphatic rings. The predicted octanol–water partition coefficient (Wildman–Crippen LogP) is 2.91. The van der Waals surface area contributed by atoms with Crippen molar-refractivity contribution in [1.29, 1.82) is 5.26 Å². The zero-order chi connectivity index (χ0) is 17.8. The summed E-state index contributed by atoms with van der Waals surface area (Å²) in [6, 6.07) is 12.2. The van der Waals surface area contributed by atoms with Crippen molar-refractivity contribution in [2.75, 3.05) is 17.7 Å². The highest BCUT2D eigenvalue weighted by molar-refractivity contribution is 6.05. The molecule has 0 spiro atoms. The van der Waals surface area contributed by atoms with Gasteiger partial charge in [-0.05, 0) is 29.8 Å². The molecule has 1 heterocycles. The van der Waals surface area contributed by atoms with Gasteiger partial charge in [0, 0.05) is 22.5 Å². The smallest absolute Gasteiger partial charge is 0.411 e. The van der Waals surface area contributed by atoms with Gasteiger partial charge < -0.3 is 15.0 Å². The van der Waals surface area contributed by atoms with Gasteiger partial charge in [0.15, 0.2) is 6.19 Å². The van der Waals surface area contributed by atoms with Crippen LogP contribution in [0.4, 0.5) is 16.2 Å². The van der Waals surface area contributed by atoms with Crippen LogP contribution >= 0.6 is 0 Å². The molecule has 2 amide bonds. The molecule has 0 aliphatic carbocycles. The molecule has 0 saturated carbocycles. The second kappa shape index (κ2) is 6.93. The molecule has 126 valence electrons. The molecule has 1 aliphatic heterocycles. The number of anilines is 2. The van der Waals surface area contributed by atoms with E-state index in [1.165, 1.54) is 7.11 Å². The number of rotatable bonds is 3. The van der Waals surface area contributed by atoms with Gasteiger partial charge in [0.05, 0.1) is 20.2 Å². The number of fused-ring (bicyclic) bond motifs is 1. The Hall–Kier alpha value is -3.53. The van der Waals surface area contributed by atoms with Gasteiger partial charge in [0.25, 0.3) is 5.91 Å². The molecule has 2 aromatic rings. The average Bonchev–Trinajstić information content (AvgIpc) is 3.06. The molecule has 0 aromatic heterocycles. The van der Waals surface area contributed by atoms with E-state index in [9.17, 15) is 9.59 Å². The van der Waals surface area contributed by atoms with Gasteiger partial charge in [-0.25, -0.2) is 4.79 Å². The lowest BCUT2D eigenvalue weighted by atomic mass is 10.1.